The Morgan fingerprint density at radius 2 is 1.82 bits per heavy atom. The lowest BCUT2D eigenvalue weighted by atomic mass is 10.1. The zero-order valence-corrected chi connectivity index (χ0v) is 13.2. The van der Waals surface area contributed by atoms with Gasteiger partial charge in [-0.15, -0.1) is 0 Å². The van der Waals surface area contributed by atoms with Gasteiger partial charge in [-0.05, 0) is 24.6 Å². The van der Waals surface area contributed by atoms with Crippen LogP contribution in [0.3, 0.4) is 0 Å². The Labute approximate surface area is 131 Å². The van der Waals surface area contributed by atoms with E-state index in [1.807, 2.05) is 61.5 Å². The van der Waals surface area contributed by atoms with Crippen LogP contribution in [0.25, 0.3) is 0 Å². The number of anilines is 1. The van der Waals surface area contributed by atoms with Crippen molar-refractivity contribution in [1.82, 2.24) is 0 Å². The van der Waals surface area contributed by atoms with Gasteiger partial charge in [0.1, 0.15) is 17.9 Å². The molecule has 0 saturated heterocycles. The number of rotatable bonds is 6. The Kier molecular flexibility index (Phi) is 5.42. The standard InChI is InChI=1S/C18H21NO3/c1-4-21-18(20)16-11-10-15(19(2)3)12-17(16)22-13-14-8-6-5-7-9-14/h5-12H,4,13H2,1-3H3. The molecular weight excluding hydrogens is 278 g/mol. The average molecular weight is 299 g/mol. The Morgan fingerprint density at radius 3 is 2.45 bits per heavy atom. The highest BCUT2D eigenvalue weighted by atomic mass is 16.5. The minimum atomic E-state index is -0.365. The highest BCUT2D eigenvalue weighted by Gasteiger charge is 2.15. The fourth-order valence-corrected chi connectivity index (χ4v) is 2.02. The van der Waals surface area contributed by atoms with Gasteiger partial charge in [-0.25, -0.2) is 4.79 Å². The number of esters is 1. The predicted octanol–water partition coefficient (Wildman–Crippen LogP) is 3.51. The van der Waals surface area contributed by atoms with Crippen molar-refractivity contribution in [3.8, 4) is 5.75 Å². The van der Waals surface area contributed by atoms with Crippen LogP contribution >= 0.6 is 0 Å². The molecule has 4 nitrogen and oxygen atoms in total. The normalized spacial score (nSPS) is 10.1. The summed E-state index contributed by atoms with van der Waals surface area (Å²) in [6.07, 6.45) is 0. The molecule has 2 aromatic rings. The first-order valence-corrected chi connectivity index (χ1v) is 7.27. The molecule has 4 heteroatoms. The molecule has 0 atom stereocenters. The van der Waals surface area contributed by atoms with Crippen molar-refractivity contribution in [2.45, 2.75) is 13.5 Å². The minimum Gasteiger partial charge on any atom is -0.488 e. The van der Waals surface area contributed by atoms with Gasteiger partial charge >= 0.3 is 5.97 Å². The van der Waals surface area contributed by atoms with Crippen molar-refractivity contribution in [2.75, 3.05) is 25.6 Å². The second-order valence-electron chi connectivity index (χ2n) is 5.07. The molecule has 0 N–H and O–H groups in total. The monoisotopic (exact) mass is 299 g/mol. The lowest BCUT2D eigenvalue weighted by molar-refractivity contribution is 0.0521. The Hall–Kier alpha value is -2.49. The van der Waals surface area contributed by atoms with Crippen molar-refractivity contribution >= 4 is 11.7 Å². The summed E-state index contributed by atoms with van der Waals surface area (Å²) in [4.78, 5) is 14.0. The van der Waals surface area contributed by atoms with Gasteiger partial charge in [0.15, 0.2) is 0 Å². The molecule has 22 heavy (non-hydrogen) atoms. The molecule has 0 aliphatic rings. The van der Waals surface area contributed by atoms with Crippen molar-refractivity contribution in [3.63, 3.8) is 0 Å². The summed E-state index contributed by atoms with van der Waals surface area (Å²) in [5, 5.41) is 0. The molecule has 0 spiro atoms. The van der Waals surface area contributed by atoms with Gasteiger partial charge in [0.2, 0.25) is 0 Å². The van der Waals surface area contributed by atoms with Gasteiger partial charge in [-0.3, -0.25) is 0 Å². The Balaban J connectivity index is 2.24. The second kappa shape index (κ2) is 7.50. The molecule has 2 aromatic carbocycles. The molecule has 0 unspecified atom stereocenters. The number of hydrogen-bond donors (Lipinski definition) is 0. The fourth-order valence-electron chi connectivity index (χ4n) is 2.02. The zero-order valence-electron chi connectivity index (χ0n) is 13.2. The Bertz CT molecular complexity index is 623. The summed E-state index contributed by atoms with van der Waals surface area (Å²) in [5.41, 5.74) is 2.46. The SMILES string of the molecule is CCOC(=O)c1ccc(N(C)C)cc1OCc1ccccc1. The van der Waals surface area contributed by atoms with Crippen molar-refractivity contribution < 1.29 is 14.3 Å². The maximum absolute atomic E-state index is 12.0. The van der Waals surface area contributed by atoms with Crippen LogP contribution in [0, 0.1) is 0 Å². The highest BCUT2D eigenvalue weighted by Crippen LogP contribution is 2.26. The molecule has 2 rings (SSSR count). The van der Waals surface area contributed by atoms with E-state index in [2.05, 4.69) is 0 Å². The van der Waals surface area contributed by atoms with Gasteiger partial charge in [0, 0.05) is 25.8 Å². The highest BCUT2D eigenvalue weighted by molar-refractivity contribution is 5.93. The second-order valence-corrected chi connectivity index (χ2v) is 5.07. The topological polar surface area (TPSA) is 38.8 Å². The van der Waals surface area contributed by atoms with E-state index in [4.69, 9.17) is 9.47 Å². The lowest BCUT2D eigenvalue weighted by Gasteiger charge is -2.16. The summed E-state index contributed by atoms with van der Waals surface area (Å²) < 4.78 is 10.9. The van der Waals surface area contributed by atoms with Crippen molar-refractivity contribution in [1.29, 1.82) is 0 Å². The maximum atomic E-state index is 12.0. The molecule has 0 aromatic heterocycles. The van der Waals surface area contributed by atoms with Crippen LogP contribution in [0.5, 0.6) is 5.75 Å². The van der Waals surface area contributed by atoms with Crippen molar-refractivity contribution in [2.24, 2.45) is 0 Å². The fraction of sp³-hybridized carbons (Fsp3) is 0.278. The third kappa shape index (κ3) is 4.01. The number of carbonyl (C=O) groups is 1. The van der Waals surface area contributed by atoms with Crippen molar-refractivity contribution in [3.05, 3.63) is 59.7 Å². The van der Waals surface area contributed by atoms with Gasteiger partial charge < -0.3 is 14.4 Å². The molecule has 0 aliphatic carbocycles. The first-order valence-electron chi connectivity index (χ1n) is 7.27. The average Bonchev–Trinajstić information content (AvgIpc) is 2.53. The van der Waals surface area contributed by atoms with E-state index < -0.39 is 0 Å². The first kappa shape index (κ1) is 15.9. The number of hydrogen-bond acceptors (Lipinski definition) is 4. The Morgan fingerprint density at radius 1 is 1.09 bits per heavy atom. The van der Waals surface area contributed by atoms with Crippen LogP contribution in [0.1, 0.15) is 22.8 Å². The van der Waals surface area contributed by atoms with Crippen LogP contribution in [0.15, 0.2) is 48.5 Å². The summed E-state index contributed by atoms with van der Waals surface area (Å²) >= 11 is 0. The summed E-state index contributed by atoms with van der Waals surface area (Å²) in [5.74, 6) is 0.171. The molecule has 0 fully saturated rings. The van der Waals surface area contributed by atoms with Crippen LogP contribution in [0.4, 0.5) is 5.69 Å². The molecule has 0 heterocycles. The van der Waals surface area contributed by atoms with Gasteiger partial charge in [-0.1, -0.05) is 30.3 Å². The first-order chi connectivity index (χ1) is 10.6. The predicted molar refractivity (Wildman–Crippen MR) is 87.5 cm³/mol. The zero-order chi connectivity index (χ0) is 15.9. The molecule has 0 aliphatic heterocycles. The number of ether oxygens (including phenoxy) is 2. The molecular formula is C18H21NO3. The van der Waals surface area contributed by atoms with Gasteiger partial charge in [-0.2, -0.15) is 0 Å². The number of carbonyl (C=O) groups excluding carboxylic acids is 1. The van der Waals surface area contributed by atoms with Crippen LogP contribution in [-0.4, -0.2) is 26.7 Å². The summed E-state index contributed by atoms with van der Waals surface area (Å²) in [6, 6.07) is 15.3. The molecule has 0 bridgehead atoms. The third-order valence-corrected chi connectivity index (χ3v) is 3.21. The summed E-state index contributed by atoms with van der Waals surface area (Å²) in [6.45, 7) is 2.53. The lowest BCUT2D eigenvalue weighted by Crippen LogP contribution is -2.12. The number of benzene rings is 2. The van der Waals surface area contributed by atoms with Crippen LogP contribution in [0.2, 0.25) is 0 Å². The molecule has 0 amide bonds. The maximum Gasteiger partial charge on any atom is 0.341 e. The molecule has 0 radical (unpaired) electrons. The van der Waals surface area contributed by atoms with E-state index in [-0.39, 0.29) is 5.97 Å². The molecule has 0 saturated carbocycles. The van der Waals surface area contributed by atoms with E-state index in [0.717, 1.165) is 11.3 Å². The number of nitrogens with zero attached hydrogens (tertiary/aromatic N) is 1. The van der Waals surface area contributed by atoms with E-state index in [0.29, 0.717) is 24.5 Å². The van der Waals surface area contributed by atoms with Crippen LogP contribution in [-0.2, 0) is 11.3 Å². The van der Waals surface area contributed by atoms with E-state index in [1.165, 1.54) is 0 Å². The quantitative estimate of drug-likeness (QED) is 0.765. The van der Waals surface area contributed by atoms with Crippen LogP contribution < -0.4 is 9.64 Å². The third-order valence-electron chi connectivity index (χ3n) is 3.21. The van der Waals surface area contributed by atoms with E-state index in [1.54, 1.807) is 13.0 Å². The smallest absolute Gasteiger partial charge is 0.341 e. The van der Waals surface area contributed by atoms with E-state index >= 15 is 0 Å². The minimum absolute atomic E-state index is 0.340. The van der Waals surface area contributed by atoms with E-state index in [9.17, 15) is 4.79 Å². The molecule has 116 valence electrons. The largest absolute Gasteiger partial charge is 0.488 e. The summed E-state index contributed by atoms with van der Waals surface area (Å²) in [7, 11) is 3.89. The van der Waals surface area contributed by atoms with Gasteiger partial charge in [0.05, 0.1) is 6.61 Å². The van der Waals surface area contributed by atoms with Gasteiger partial charge in [0.25, 0.3) is 0 Å².